The topological polar surface area (TPSA) is 63.5 Å². The molecular weight excluding hydrogens is 310 g/mol. The molecule has 0 saturated heterocycles. The Bertz CT molecular complexity index is 681. The Hall–Kier alpha value is -2.25. The molecule has 1 aromatic heterocycles. The number of nitrogens with one attached hydrogen (secondary N) is 2. The van der Waals surface area contributed by atoms with Crippen LogP contribution in [0.1, 0.15) is 17.0 Å². The third-order valence-corrected chi connectivity index (χ3v) is 3.54. The van der Waals surface area contributed by atoms with Gasteiger partial charge in [0.15, 0.2) is 5.11 Å². The van der Waals surface area contributed by atoms with Crippen molar-refractivity contribution in [3.05, 3.63) is 47.3 Å². The number of aromatic nitrogens is 2. The Morgan fingerprint density at radius 3 is 2.78 bits per heavy atom. The Balaban J connectivity index is 2.05. The summed E-state index contributed by atoms with van der Waals surface area (Å²) < 4.78 is 6.85. The van der Waals surface area contributed by atoms with Gasteiger partial charge in [-0.15, -0.1) is 0 Å². The minimum Gasteiger partial charge on any atom is -0.383 e. The lowest BCUT2D eigenvalue weighted by Gasteiger charge is -2.05. The molecule has 0 unspecified atom stereocenters. The summed E-state index contributed by atoms with van der Waals surface area (Å²) >= 11 is 5.12. The summed E-state index contributed by atoms with van der Waals surface area (Å²) in [6.45, 7) is 5.21. The Morgan fingerprint density at radius 1 is 1.35 bits per heavy atom. The van der Waals surface area contributed by atoms with Gasteiger partial charge in [0.05, 0.1) is 29.9 Å². The fraction of sp³-hybridized carbons (Fsp3) is 0.312. The molecule has 0 aliphatic carbocycles. The van der Waals surface area contributed by atoms with E-state index in [0.29, 0.717) is 18.3 Å². The average molecular weight is 331 g/mol. The second-order valence-electron chi connectivity index (χ2n) is 4.95. The standard InChI is InChI=1S/C16H21N5OS/c1-12-15(11-18-19-16(23)17-9-10-22-3)13(2)21(20-12)14-7-5-4-6-8-14/h4-8,11H,9-10H2,1-3H3,(H2,17,19,23)/b18-11-. The molecule has 0 aliphatic rings. The van der Waals surface area contributed by atoms with Crippen molar-refractivity contribution in [2.75, 3.05) is 20.3 Å². The van der Waals surface area contributed by atoms with Crippen LogP contribution in [-0.4, -0.2) is 41.4 Å². The van der Waals surface area contributed by atoms with Crippen LogP contribution in [0.3, 0.4) is 0 Å². The van der Waals surface area contributed by atoms with E-state index in [4.69, 9.17) is 17.0 Å². The van der Waals surface area contributed by atoms with Crippen LogP contribution < -0.4 is 10.7 Å². The first kappa shape index (κ1) is 17.1. The highest BCUT2D eigenvalue weighted by atomic mass is 32.1. The number of benzene rings is 1. The van der Waals surface area contributed by atoms with Crippen LogP contribution in [0.15, 0.2) is 35.4 Å². The highest BCUT2D eigenvalue weighted by molar-refractivity contribution is 7.80. The molecule has 0 aliphatic heterocycles. The second kappa shape index (κ2) is 8.40. The molecule has 0 fully saturated rings. The molecule has 0 amide bonds. The van der Waals surface area contributed by atoms with Crippen molar-refractivity contribution in [1.82, 2.24) is 20.5 Å². The van der Waals surface area contributed by atoms with Gasteiger partial charge in [-0.05, 0) is 38.2 Å². The van der Waals surface area contributed by atoms with E-state index in [2.05, 4.69) is 20.9 Å². The van der Waals surface area contributed by atoms with Crippen LogP contribution in [0.2, 0.25) is 0 Å². The van der Waals surface area contributed by atoms with Gasteiger partial charge in [-0.3, -0.25) is 5.43 Å². The predicted octanol–water partition coefficient (Wildman–Crippen LogP) is 1.93. The molecule has 0 spiro atoms. The molecule has 0 bridgehead atoms. The van der Waals surface area contributed by atoms with Crippen molar-refractivity contribution in [2.45, 2.75) is 13.8 Å². The summed E-state index contributed by atoms with van der Waals surface area (Å²) in [7, 11) is 1.65. The summed E-state index contributed by atoms with van der Waals surface area (Å²) in [6.07, 6.45) is 1.74. The van der Waals surface area contributed by atoms with Crippen LogP contribution >= 0.6 is 12.2 Å². The first-order valence-corrected chi connectivity index (χ1v) is 7.71. The number of hydrazone groups is 1. The van der Waals surface area contributed by atoms with Crippen molar-refractivity contribution in [3.8, 4) is 5.69 Å². The van der Waals surface area contributed by atoms with Gasteiger partial charge < -0.3 is 10.1 Å². The van der Waals surface area contributed by atoms with Crippen LogP contribution in [0.5, 0.6) is 0 Å². The van der Waals surface area contributed by atoms with Crippen molar-refractivity contribution in [2.24, 2.45) is 5.10 Å². The van der Waals surface area contributed by atoms with Gasteiger partial charge in [-0.1, -0.05) is 18.2 Å². The van der Waals surface area contributed by atoms with Crippen LogP contribution in [0.25, 0.3) is 5.69 Å². The highest BCUT2D eigenvalue weighted by Gasteiger charge is 2.10. The van der Waals surface area contributed by atoms with E-state index in [1.54, 1.807) is 13.3 Å². The van der Waals surface area contributed by atoms with E-state index >= 15 is 0 Å². The molecule has 2 aromatic rings. The number of aryl methyl sites for hydroxylation is 1. The minimum absolute atomic E-state index is 0.462. The van der Waals surface area contributed by atoms with Crippen LogP contribution in [-0.2, 0) is 4.74 Å². The fourth-order valence-corrected chi connectivity index (χ4v) is 2.28. The monoisotopic (exact) mass is 331 g/mol. The lowest BCUT2D eigenvalue weighted by Crippen LogP contribution is -2.34. The second-order valence-corrected chi connectivity index (χ2v) is 5.36. The normalized spacial score (nSPS) is 10.9. The molecule has 1 heterocycles. The van der Waals surface area contributed by atoms with E-state index < -0.39 is 0 Å². The summed E-state index contributed by atoms with van der Waals surface area (Å²) in [5.41, 5.74) is 6.73. The maximum Gasteiger partial charge on any atom is 0.187 e. The van der Waals surface area contributed by atoms with E-state index in [-0.39, 0.29) is 0 Å². The first-order valence-electron chi connectivity index (χ1n) is 7.31. The SMILES string of the molecule is COCCNC(=S)N/N=C\c1c(C)nn(-c2ccccc2)c1C. The van der Waals surface area contributed by atoms with E-state index in [1.807, 2.05) is 48.9 Å². The lowest BCUT2D eigenvalue weighted by atomic mass is 10.2. The molecule has 0 saturated carbocycles. The third-order valence-electron chi connectivity index (χ3n) is 3.30. The van der Waals surface area contributed by atoms with Gasteiger partial charge in [-0.25, -0.2) is 4.68 Å². The van der Waals surface area contributed by atoms with Crippen LogP contribution in [0.4, 0.5) is 0 Å². The van der Waals surface area contributed by atoms with Gasteiger partial charge in [0.2, 0.25) is 0 Å². The number of methoxy groups -OCH3 is 1. The Labute approximate surface area is 141 Å². The van der Waals surface area contributed by atoms with Gasteiger partial charge in [-0.2, -0.15) is 10.2 Å². The molecule has 122 valence electrons. The van der Waals surface area contributed by atoms with Crippen molar-refractivity contribution in [3.63, 3.8) is 0 Å². The molecule has 0 atom stereocenters. The number of hydrogen-bond acceptors (Lipinski definition) is 4. The van der Waals surface area contributed by atoms with Crippen molar-refractivity contribution in [1.29, 1.82) is 0 Å². The zero-order valence-electron chi connectivity index (χ0n) is 13.5. The molecule has 2 rings (SSSR count). The average Bonchev–Trinajstić information content (AvgIpc) is 2.84. The fourth-order valence-electron chi connectivity index (χ4n) is 2.12. The Kier molecular flexibility index (Phi) is 6.25. The summed E-state index contributed by atoms with van der Waals surface area (Å²) in [6, 6.07) is 10.0. The van der Waals surface area contributed by atoms with E-state index in [1.165, 1.54) is 0 Å². The summed E-state index contributed by atoms with van der Waals surface area (Å²) in [5, 5.41) is 12.2. The van der Waals surface area contributed by atoms with E-state index in [0.717, 1.165) is 22.6 Å². The van der Waals surface area contributed by atoms with Gasteiger partial charge in [0.1, 0.15) is 0 Å². The minimum atomic E-state index is 0.462. The molecule has 6 nitrogen and oxygen atoms in total. The number of nitrogens with zero attached hydrogens (tertiary/aromatic N) is 3. The largest absolute Gasteiger partial charge is 0.383 e. The lowest BCUT2D eigenvalue weighted by molar-refractivity contribution is 0.204. The molecule has 23 heavy (non-hydrogen) atoms. The third kappa shape index (κ3) is 4.61. The molecule has 2 N–H and O–H groups in total. The van der Waals surface area contributed by atoms with Crippen molar-refractivity contribution >= 4 is 23.5 Å². The first-order chi connectivity index (χ1) is 11.1. The van der Waals surface area contributed by atoms with Crippen molar-refractivity contribution < 1.29 is 4.74 Å². The predicted molar refractivity (Wildman–Crippen MR) is 96.2 cm³/mol. The smallest absolute Gasteiger partial charge is 0.187 e. The zero-order chi connectivity index (χ0) is 16.7. The highest BCUT2D eigenvalue weighted by Crippen LogP contribution is 2.15. The van der Waals surface area contributed by atoms with Gasteiger partial charge >= 0.3 is 0 Å². The number of rotatable bonds is 6. The summed E-state index contributed by atoms with van der Waals surface area (Å²) in [5.74, 6) is 0. The number of hydrogen-bond donors (Lipinski definition) is 2. The molecule has 0 radical (unpaired) electrons. The number of thiocarbonyl (C=S) groups is 1. The number of para-hydroxylation sites is 1. The van der Waals surface area contributed by atoms with E-state index in [9.17, 15) is 0 Å². The van der Waals surface area contributed by atoms with Gasteiger partial charge in [0.25, 0.3) is 0 Å². The maximum absolute atomic E-state index is 5.12. The van der Waals surface area contributed by atoms with Crippen LogP contribution in [0, 0.1) is 13.8 Å². The maximum atomic E-state index is 5.12. The Morgan fingerprint density at radius 2 is 2.09 bits per heavy atom. The quantitative estimate of drug-likeness (QED) is 0.366. The molecule has 7 heteroatoms. The summed E-state index contributed by atoms with van der Waals surface area (Å²) in [4.78, 5) is 0. The molecule has 1 aromatic carbocycles. The number of ether oxygens (including phenoxy) is 1. The molecular formula is C16H21N5OS. The zero-order valence-corrected chi connectivity index (χ0v) is 14.4. The van der Waals surface area contributed by atoms with Gasteiger partial charge in [0, 0.05) is 19.2 Å².